The van der Waals surface area contributed by atoms with E-state index in [1.54, 1.807) is 18.2 Å². The maximum Gasteiger partial charge on any atom is 0.251 e. The van der Waals surface area contributed by atoms with Crippen molar-refractivity contribution in [2.45, 2.75) is 19.8 Å². The standard InChI is InChI=1S/C20H23ClN2O3/c1-15-7-2-3-8-16(15)20(25)23-13-12-22-19(24)11-6-14-26-18-10-5-4-9-17(18)21/h2-5,7-10H,6,11-14H2,1H3,(H,22,24)(H,23,25). The maximum absolute atomic E-state index is 12.0. The van der Waals surface area contributed by atoms with Crippen molar-refractivity contribution >= 4 is 23.4 Å². The molecule has 2 N–H and O–H groups in total. The van der Waals surface area contributed by atoms with E-state index in [-0.39, 0.29) is 11.8 Å². The largest absolute Gasteiger partial charge is 0.492 e. The first-order valence-electron chi connectivity index (χ1n) is 8.56. The third-order valence-corrected chi connectivity index (χ3v) is 4.08. The summed E-state index contributed by atoms with van der Waals surface area (Å²) in [6.07, 6.45) is 0.947. The van der Waals surface area contributed by atoms with Crippen LogP contribution in [0.4, 0.5) is 0 Å². The first-order valence-corrected chi connectivity index (χ1v) is 8.93. The zero-order valence-electron chi connectivity index (χ0n) is 14.8. The molecule has 5 nitrogen and oxygen atoms in total. The molecule has 0 aliphatic carbocycles. The molecule has 0 fully saturated rings. The number of amides is 2. The molecule has 0 aliphatic heterocycles. The van der Waals surface area contributed by atoms with Gasteiger partial charge >= 0.3 is 0 Å². The van der Waals surface area contributed by atoms with Crippen LogP contribution in [0.1, 0.15) is 28.8 Å². The Morgan fingerprint density at radius 1 is 1.00 bits per heavy atom. The van der Waals surface area contributed by atoms with Crippen molar-refractivity contribution in [3.8, 4) is 5.75 Å². The average Bonchev–Trinajstić information content (AvgIpc) is 2.64. The van der Waals surface area contributed by atoms with Gasteiger partial charge in [0.25, 0.3) is 5.91 Å². The van der Waals surface area contributed by atoms with Crippen LogP contribution in [0.3, 0.4) is 0 Å². The third-order valence-electron chi connectivity index (χ3n) is 3.76. The van der Waals surface area contributed by atoms with E-state index >= 15 is 0 Å². The van der Waals surface area contributed by atoms with E-state index in [2.05, 4.69) is 10.6 Å². The molecule has 26 heavy (non-hydrogen) atoms. The van der Waals surface area contributed by atoms with Gasteiger partial charge in [0.05, 0.1) is 11.6 Å². The highest BCUT2D eigenvalue weighted by atomic mass is 35.5. The lowest BCUT2D eigenvalue weighted by molar-refractivity contribution is -0.121. The Labute approximate surface area is 158 Å². The summed E-state index contributed by atoms with van der Waals surface area (Å²) in [6.45, 7) is 3.08. The molecule has 0 aliphatic rings. The van der Waals surface area contributed by atoms with Gasteiger partial charge in [-0.15, -0.1) is 0 Å². The minimum absolute atomic E-state index is 0.0714. The molecule has 0 atom stereocenters. The molecule has 2 aromatic carbocycles. The fourth-order valence-corrected chi connectivity index (χ4v) is 2.56. The van der Waals surface area contributed by atoms with Crippen LogP contribution in [0.15, 0.2) is 48.5 Å². The molecule has 0 aromatic heterocycles. The molecule has 2 rings (SSSR count). The van der Waals surface area contributed by atoms with Crippen LogP contribution in [0.2, 0.25) is 5.02 Å². The highest BCUT2D eigenvalue weighted by molar-refractivity contribution is 6.32. The molecule has 138 valence electrons. The lowest BCUT2D eigenvalue weighted by Crippen LogP contribution is -2.34. The second kappa shape index (κ2) is 10.5. The molecule has 0 saturated carbocycles. The van der Waals surface area contributed by atoms with Gasteiger partial charge in [0, 0.05) is 25.1 Å². The number of para-hydroxylation sites is 1. The van der Waals surface area contributed by atoms with E-state index in [0.29, 0.717) is 48.9 Å². The SMILES string of the molecule is Cc1ccccc1C(=O)NCCNC(=O)CCCOc1ccccc1Cl. The topological polar surface area (TPSA) is 67.4 Å². The Morgan fingerprint density at radius 2 is 1.69 bits per heavy atom. The van der Waals surface area contributed by atoms with Gasteiger partial charge in [-0.25, -0.2) is 0 Å². The molecule has 6 heteroatoms. The van der Waals surface area contributed by atoms with Crippen molar-refractivity contribution in [1.29, 1.82) is 0 Å². The van der Waals surface area contributed by atoms with Gasteiger partial charge < -0.3 is 15.4 Å². The molecule has 0 radical (unpaired) electrons. The van der Waals surface area contributed by atoms with Gasteiger partial charge in [0.2, 0.25) is 5.91 Å². The summed E-state index contributed by atoms with van der Waals surface area (Å²) in [5.41, 5.74) is 1.57. The summed E-state index contributed by atoms with van der Waals surface area (Å²) >= 11 is 5.99. The van der Waals surface area contributed by atoms with Gasteiger partial charge in [-0.2, -0.15) is 0 Å². The molecular formula is C20H23ClN2O3. The van der Waals surface area contributed by atoms with E-state index < -0.39 is 0 Å². The summed E-state index contributed by atoms with van der Waals surface area (Å²) in [6, 6.07) is 14.6. The Hall–Kier alpha value is -2.53. The predicted octanol–water partition coefficient (Wildman–Crippen LogP) is 3.35. The second-order valence-corrected chi connectivity index (χ2v) is 6.21. The fraction of sp³-hybridized carbons (Fsp3) is 0.300. The number of carbonyl (C=O) groups excluding carboxylic acids is 2. The highest BCUT2D eigenvalue weighted by Gasteiger charge is 2.07. The number of hydrogen-bond acceptors (Lipinski definition) is 3. The lowest BCUT2D eigenvalue weighted by atomic mass is 10.1. The molecule has 0 saturated heterocycles. The maximum atomic E-state index is 12.0. The Kier molecular flexibility index (Phi) is 7.96. The number of aryl methyl sites for hydroxylation is 1. The number of hydrogen-bond donors (Lipinski definition) is 2. The normalized spacial score (nSPS) is 10.2. The van der Waals surface area contributed by atoms with Crippen molar-refractivity contribution in [3.05, 3.63) is 64.7 Å². The van der Waals surface area contributed by atoms with Gasteiger partial charge in [0.15, 0.2) is 0 Å². The van der Waals surface area contributed by atoms with Crippen LogP contribution in [0.5, 0.6) is 5.75 Å². The Balaban J connectivity index is 1.57. The minimum atomic E-state index is -0.134. The number of benzene rings is 2. The van der Waals surface area contributed by atoms with E-state index in [9.17, 15) is 9.59 Å². The van der Waals surface area contributed by atoms with Crippen LogP contribution in [0.25, 0.3) is 0 Å². The predicted molar refractivity (Wildman–Crippen MR) is 103 cm³/mol. The van der Waals surface area contributed by atoms with Crippen molar-refractivity contribution in [1.82, 2.24) is 10.6 Å². The second-order valence-electron chi connectivity index (χ2n) is 5.80. The number of rotatable bonds is 9. The zero-order chi connectivity index (χ0) is 18.8. The number of halogens is 1. The number of carbonyl (C=O) groups is 2. The van der Waals surface area contributed by atoms with E-state index in [0.717, 1.165) is 5.56 Å². The van der Waals surface area contributed by atoms with E-state index in [4.69, 9.17) is 16.3 Å². The zero-order valence-corrected chi connectivity index (χ0v) is 15.5. The highest BCUT2D eigenvalue weighted by Crippen LogP contribution is 2.23. The van der Waals surface area contributed by atoms with Crippen molar-refractivity contribution in [3.63, 3.8) is 0 Å². The molecule has 0 bridgehead atoms. The first kappa shape index (κ1) is 19.8. The molecular weight excluding hydrogens is 352 g/mol. The summed E-state index contributed by atoms with van der Waals surface area (Å²) < 4.78 is 5.54. The van der Waals surface area contributed by atoms with Crippen molar-refractivity contribution < 1.29 is 14.3 Å². The minimum Gasteiger partial charge on any atom is -0.492 e. The number of nitrogens with one attached hydrogen (secondary N) is 2. The molecule has 0 heterocycles. The van der Waals surface area contributed by atoms with Crippen molar-refractivity contribution in [2.24, 2.45) is 0 Å². The summed E-state index contributed by atoms with van der Waals surface area (Å²) in [7, 11) is 0. The van der Waals surface area contributed by atoms with Gasteiger partial charge in [-0.3, -0.25) is 9.59 Å². The molecule has 2 aromatic rings. The summed E-state index contributed by atoms with van der Waals surface area (Å²) in [4.78, 5) is 23.8. The van der Waals surface area contributed by atoms with Crippen molar-refractivity contribution in [2.75, 3.05) is 19.7 Å². The molecule has 0 spiro atoms. The summed E-state index contributed by atoms with van der Waals surface area (Å²) in [5.74, 6) is 0.414. The van der Waals surface area contributed by atoms with E-state index in [1.807, 2.05) is 37.3 Å². The Bertz CT molecular complexity index is 749. The quantitative estimate of drug-likeness (QED) is 0.661. The molecule has 2 amide bonds. The van der Waals surface area contributed by atoms with Crippen LogP contribution in [-0.4, -0.2) is 31.5 Å². The molecule has 0 unspecified atom stereocenters. The van der Waals surface area contributed by atoms with Crippen LogP contribution < -0.4 is 15.4 Å². The summed E-state index contributed by atoms with van der Waals surface area (Å²) in [5, 5.41) is 6.13. The van der Waals surface area contributed by atoms with Gasteiger partial charge in [0.1, 0.15) is 5.75 Å². The van der Waals surface area contributed by atoms with Crippen LogP contribution in [0, 0.1) is 6.92 Å². The third kappa shape index (κ3) is 6.41. The first-order chi connectivity index (χ1) is 12.6. The van der Waals surface area contributed by atoms with E-state index in [1.165, 1.54) is 0 Å². The van der Waals surface area contributed by atoms with Gasteiger partial charge in [-0.1, -0.05) is 41.9 Å². The Morgan fingerprint density at radius 3 is 2.46 bits per heavy atom. The van der Waals surface area contributed by atoms with Crippen LogP contribution >= 0.6 is 11.6 Å². The number of ether oxygens (including phenoxy) is 1. The lowest BCUT2D eigenvalue weighted by Gasteiger charge is -2.09. The smallest absolute Gasteiger partial charge is 0.251 e. The average molecular weight is 375 g/mol. The monoisotopic (exact) mass is 374 g/mol. The van der Waals surface area contributed by atoms with Crippen LogP contribution in [-0.2, 0) is 4.79 Å². The van der Waals surface area contributed by atoms with Gasteiger partial charge in [-0.05, 0) is 37.1 Å². The fourth-order valence-electron chi connectivity index (χ4n) is 2.37.